The maximum atomic E-state index is 14.2. The normalized spacial score (nSPS) is 15.4. The maximum absolute atomic E-state index is 14.2. The van der Waals surface area contributed by atoms with Crippen LogP contribution in [0.2, 0.25) is 0 Å². The highest BCUT2D eigenvalue weighted by Crippen LogP contribution is 2.52. The summed E-state index contributed by atoms with van der Waals surface area (Å²) < 4.78 is 139. The van der Waals surface area contributed by atoms with Crippen LogP contribution < -0.4 is 14.6 Å². The Morgan fingerprint density at radius 1 is 0.756 bits per heavy atom. The molecule has 3 aromatic carbocycles. The van der Waals surface area contributed by atoms with Crippen LogP contribution in [0, 0.1) is 0 Å². The first kappa shape index (κ1) is 30.3. The van der Waals surface area contributed by atoms with Crippen molar-refractivity contribution in [1.82, 2.24) is 0 Å². The summed E-state index contributed by atoms with van der Waals surface area (Å²) in [6.07, 6.45) is -12.7. The molecule has 1 atom stereocenters. The monoisotopic (exact) mass is 597 g/mol. The number of alkyl halides is 10. The van der Waals surface area contributed by atoms with Gasteiger partial charge in [-0.3, -0.25) is 0 Å². The minimum atomic E-state index is -6.60. The Balaban J connectivity index is 1.63. The summed E-state index contributed by atoms with van der Waals surface area (Å²) in [4.78, 5) is 5.22. The molecule has 0 spiro atoms. The summed E-state index contributed by atoms with van der Waals surface area (Å²) in [7, 11) is 0. The smallest absolute Gasteiger partial charge is 0.457 e. The van der Waals surface area contributed by atoms with Crippen molar-refractivity contribution >= 4 is 5.69 Å². The third kappa shape index (κ3) is 6.80. The van der Waals surface area contributed by atoms with Crippen LogP contribution in [-0.4, -0.2) is 36.0 Å². The molecule has 1 saturated carbocycles. The van der Waals surface area contributed by atoms with Crippen LogP contribution in [0.1, 0.15) is 29.9 Å². The number of anilines is 1. The van der Waals surface area contributed by atoms with Crippen molar-refractivity contribution in [1.29, 1.82) is 0 Å². The van der Waals surface area contributed by atoms with Crippen LogP contribution in [0.3, 0.4) is 0 Å². The van der Waals surface area contributed by atoms with Gasteiger partial charge in [-0.15, -0.1) is 0 Å². The number of aliphatic hydroxyl groups is 1. The second-order valence-electron chi connectivity index (χ2n) is 9.33. The molecule has 4 rings (SSSR count). The molecule has 0 aromatic heterocycles. The molecule has 1 aliphatic carbocycles. The SMILES string of the molecule is OC(CN(Oc1cccc(C(F)(F)C(F)(F)C(F)(F)F)c1)c1cccc(Oc2cccc(C3CC3)c2)c1)C(F)(F)F. The second kappa shape index (κ2) is 11.0. The number of benzene rings is 3. The molecule has 4 nitrogen and oxygen atoms in total. The summed E-state index contributed by atoms with van der Waals surface area (Å²) in [6.45, 7) is -1.33. The average molecular weight is 597 g/mol. The molecule has 1 N–H and O–H groups in total. The number of rotatable bonds is 10. The van der Waals surface area contributed by atoms with Crippen molar-refractivity contribution in [2.45, 2.75) is 49.1 Å². The first-order valence-electron chi connectivity index (χ1n) is 12.0. The van der Waals surface area contributed by atoms with Crippen molar-refractivity contribution in [2.75, 3.05) is 11.6 Å². The molecule has 0 saturated heterocycles. The molecule has 0 radical (unpaired) electrons. The Bertz CT molecular complexity index is 1360. The topological polar surface area (TPSA) is 41.9 Å². The molecule has 222 valence electrons. The van der Waals surface area contributed by atoms with E-state index in [4.69, 9.17) is 9.57 Å². The largest absolute Gasteiger partial charge is 0.460 e. The van der Waals surface area contributed by atoms with Gasteiger partial charge in [0.05, 0.1) is 12.2 Å². The molecular weight excluding hydrogens is 576 g/mol. The van der Waals surface area contributed by atoms with E-state index in [2.05, 4.69) is 0 Å². The highest BCUT2D eigenvalue weighted by molar-refractivity contribution is 5.51. The number of hydroxylamine groups is 1. The van der Waals surface area contributed by atoms with E-state index in [1.165, 1.54) is 24.3 Å². The lowest BCUT2D eigenvalue weighted by atomic mass is 10.0. The van der Waals surface area contributed by atoms with Gasteiger partial charge in [-0.05, 0) is 60.7 Å². The summed E-state index contributed by atoms with van der Waals surface area (Å²) in [5, 5.41) is 10.1. The third-order valence-corrected chi connectivity index (χ3v) is 6.13. The number of halogens is 10. The number of hydrogen-bond acceptors (Lipinski definition) is 4. The van der Waals surface area contributed by atoms with Crippen LogP contribution in [0.15, 0.2) is 72.8 Å². The van der Waals surface area contributed by atoms with Crippen molar-refractivity contribution in [2.24, 2.45) is 0 Å². The van der Waals surface area contributed by atoms with E-state index >= 15 is 0 Å². The van der Waals surface area contributed by atoms with E-state index in [0.29, 0.717) is 22.8 Å². The van der Waals surface area contributed by atoms with E-state index in [9.17, 15) is 49.0 Å². The molecule has 0 heterocycles. The summed E-state index contributed by atoms with van der Waals surface area (Å²) in [6, 6.07) is 14.2. The fraction of sp³-hybridized carbons (Fsp3) is 0.333. The minimum Gasteiger partial charge on any atom is -0.457 e. The van der Waals surface area contributed by atoms with E-state index < -0.39 is 48.2 Å². The van der Waals surface area contributed by atoms with Crippen LogP contribution >= 0.6 is 0 Å². The number of ether oxygens (including phenoxy) is 1. The Morgan fingerprint density at radius 2 is 1.34 bits per heavy atom. The average Bonchev–Trinajstić information content (AvgIpc) is 3.73. The molecule has 1 fully saturated rings. The maximum Gasteiger partial charge on any atom is 0.460 e. The summed E-state index contributed by atoms with van der Waals surface area (Å²) >= 11 is 0. The van der Waals surface area contributed by atoms with E-state index in [0.717, 1.165) is 24.5 Å². The lowest BCUT2D eigenvalue weighted by Gasteiger charge is -2.30. The molecule has 41 heavy (non-hydrogen) atoms. The zero-order chi connectivity index (χ0) is 30.2. The minimum absolute atomic E-state index is 0.107. The van der Waals surface area contributed by atoms with Gasteiger partial charge >= 0.3 is 24.2 Å². The lowest BCUT2D eigenvalue weighted by Crippen LogP contribution is -2.50. The molecular formula is C27H21F10NO3. The lowest BCUT2D eigenvalue weighted by molar-refractivity contribution is -0.359. The molecule has 1 unspecified atom stereocenters. The van der Waals surface area contributed by atoms with Gasteiger partial charge < -0.3 is 14.7 Å². The van der Waals surface area contributed by atoms with Crippen LogP contribution in [0.25, 0.3) is 0 Å². The zero-order valence-electron chi connectivity index (χ0n) is 20.7. The number of nitrogens with zero attached hydrogens (tertiary/aromatic N) is 1. The van der Waals surface area contributed by atoms with Crippen molar-refractivity contribution < 1.29 is 58.6 Å². The van der Waals surface area contributed by atoms with Gasteiger partial charge in [-0.1, -0.05) is 30.3 Å². The Kier molecular flexibility index (Phi) is 8.09. The Labute approximate surface area is 226 Å². The second-order valence-corrected chi connectivity index (χ2v) is 9.33. The quantitative estimate of drug-likeness (QED) is 0.188. The summed E-state index contributed by atoms with van der Waals surface area (Å²) in [5.41, 5.74) is -0.965. The molecule has 1 aliphatic rings. The third-order valence-electron chi connectivity index (χ3n) is 6.13. The van der Waals surface area contributed by atoms with Gasteiger partial charge in [0.2, 0.25) is 0 Å². The Hall–Kier alpha value is -3.68. The van der Waals surface area contributed by atoms with E-state index in [1.54, 1.807) is 18.2 Å². The van der Waals surface area contributed by atoms with Crippen molar-refractivity contribution in [3.8, 4) is 17.2 Å². The predicted molar refractivity (Wildman–Crippen MR) is 126 cm³/mol. The van der Waals surface area contributed by atoms with Gasteiger partial charge in [0.15, 0.2) is 11.9 Å². The van der Waals surface area contributed by atoms with Gasteiger partial charge in [0, 0.05) is 11.6 Å². The Morgan fingerprint density at radius 3 is 1.95 bits per heavy atom. The van der Waals surface area contributed by atoms with Gasteiger partial charge in [0.1, 0.15) is 11.5 Å². The molecule has 0 aliphatic heterocycles. The predicted octanol–water partition coefficient (Wildman–Crippen LogP) is 8.37. The molecule has 3 aromatic rings. The van der Waals surface area contributed by atoms with Crippen LogP contribution in [-0.2, 0) is 5.92 Å². The summed E-state index contributed by atoms with van der Waals surface area (Å²) in [5.74, 6) is -12.1. The molecule has 0 amide bonds. The van der Waals surface area contributed by atoms with Crippen LogP contribution in [0.5, 0.6) is 17.2 Å². The standard InChI is InChI=1S/C27H21F10NO3/c28-24(29,26(33,34)27(35,36)37)18-5-2-9-22(13-18)41-38(15-23(39)25(30,31)32)19-6-3-8-21(14-19)40-20-7-1-4-17(12-20)16-10-11-16/h1-9,12-14,16,23,39H,10-11,15H2. The molecule has 14 heteroatoms. The fourth-order valence-electron chi connectivity index (χ4n) is 3.78. The first-order valence-corrected chi connectivity index (χ1v) is 12.0. The molecule has 0 bridgehead atoms. The highest BCUT2D eigenvalue weighted by Gasteiger charge is 2.73. The van der Waals surface area contributed by atoms with Gasteiger partial charge in [0.25, 0.3) is 0 Å². The highest BCUT2D eigenvalue weighted by atomic mass is 19.4. The zero-order valence-corrected chi connectivity index (χ0v) is 20.7. The van der Waals surface area contributed by atoms with E-state index in [1.807, 2.05) is 6.07 Å². The van der Waals surface area contributed by atoms with Gasteiger partial charge in [-0.2, -0.15) is 43.9 Å². The number of hydrogen-bond donors (Lipinski definition) is 1. The fourth-order valence-corrected chi connectivity index (χ4v) is 3.78. The number of aliphatic hydroxyl groups excluding tert-OH is 1. The van der Waals surface area contributed by atoms with E-state index in [-0.39, 0.29) is 23.6 Å². The first-order chi connectivity index (χ1) is 19.0. The van der Waals surface area contributed by atoms with Crippen LogP contribution in [0.4, 0.5) is 49.6 Å². The van der Waals surface area contributed by atoms with Gasteiger partial charge in [-0.25, -0.2) is 5.06 Å². The van der Waals surface area contributed by atoms with Crippen molar-refractivity contribution in [3.63, 3.8) is 0 Å². The van der Waals surface area contributed by atoms with Crippen molar-refractivity contribution in [3.05, 3.63) is 83.9 Å².